The third kappa shape index (κ3) is 4.21. The second-order valence-corrected chi connectivity index (χ2v) is 6.52. The fourth-order valence-corrected chi connectivity index (χ4v) is 3.38. The van der Waals surface area contributed by atoms with Crippen molar-refractivity contribution in [2.24, 2.45) is 0 Å². The zero-order chi connectivity index (χ0) is 15.2. The van der Waals surface area contributed by atoms with Gasteiger partial charge in [-0.25, -0.2) is 4.98 Å². The van der Waals surface area contributed by atoms with E-state index in [9.17, 15) is 0 Å². The van der Waals surface area contributed by atoms with Crippen LogP contribution in [0.5, 0.6) is 0 Å². The Morgan fingerprint density at radius 3 is 2.73 bits per heavy atom. The Hall–Kier alpha value is -1.58. The summed E-state index contributed by atoms with van der Waals surface area (Å²) >= 11 is 0. The maximum Gasteiger partial charge on any atom is 0.224 e. The smallest absolute Gasteiger partial charge is 0.224 e. The molecule has 2 aliphatic rings. The fourth-order valence-electron chi connectivity index (χ4n) is 3.38. The lowest BCUT2D eigenvalue weighted by atomic mass is 9.97. The quantitative estimate of drug-likeness (QED) is 0.832. The third-order valence-electron chi connectivity index (χ3n) is 4.64. The van der Waals surface area contributed by atoms with Crippen molar-refractivity contribution >= 4 is 11.8 Å². The Morgan fingerprint density at radius 2 is 1.95 bits per heavy atom. The van der Waals surface area contributed by atoms with Crippen LogP contribution >= 0.6 is 0 Å². The minimum Gasteiger partial charge on any atom is -0.356 e. The van der Waals surface area contributed by atoms with E-state index >= 15 is 0 Å². The molecule has 1 saturated heterocycles. The van der Waals surface area contributed by atoms with Gasteiger partial charge in [-0.1, -0.05) is 11.6 Å². The van der Waals surface area contributed by atoms with Crippen molar-refractivity contribution in [3.05, 3.63) is 23.4 Å². The molecule has 22 heavy (non-hydrogen) atoms. The average molecular weight is 300 g/mol. The van der Waals surface area contributed by atoms with Crippen LogP contribution < -0.4 is 10.2 Å². The number of aryl methyl sites for hydroxylation is 1. The molecule has 0 spiro atoms. The lowest BCUT2D eigenvalue weighted by Gasteiger charge is -2.28. The van der Waals surface area contributed by atoms with E-state index in [-0.39, 0.29) is 0 Å². The van der Waals surface area contributed by atoms with Gasteiger partial charge in [0.05, 0.1) is 0 Å². The van der Waals surface area contributed by atoms with Crippen LogP contribution in [0.3, 0.4) is 0 Å². The highest BCUT2D eigenvalue weighted by Crippen LogP contribution is 2.21. The molecule has 1 aromatic rings. The molecule has 1 aliphatic carbocycles. The molecule has 0 atom stereocenters. The van der Waals surface area contributed by atoms with Crippen LogP contribution in [-0.4, -0.2) is 29.6 Å². The second kappa shape index (κ2) is 7.61. The van der Waals surface area contributed by atoms with E-state index in [4.69, 9.17) is 4.98 Å². The van der Waals surface area contributed by atoms with Gasteiger partial charge in [-0.3, -0.25) is 0 Å². The molecule has 3 rings (SSSR count). The van der Waals surface area contributed by atoms with E-state index in [2.05, 4.69) is 34.3 Å². The Labute approximate surface area is 134 Å². The van der Waals surface area contributed by atoms with Crippen molar-refractivity contribution in [2.75, 3.05) is 29.9 Å². The van der Waals surface area contributed by atoms with Crippen LogP contribution in [0.1, 0.15) is 57.1 Å². The van der Waals surface area contributed by atoms with Crippen LogP contribution in [-0.2, 0) is 0 Å². The van der Waals surface area contributed by atoms with Crippen molar-refractivity contribution < 1.29 is 0 Å². The first-order valence-corrected chi connectivity index (χ1v) is 8.84. The number of nitrogens with zero attached hydrogens (tertiary/aromatic N) is 3. The highest BCUT2D eigenvalue weighted by molar-refractivity contribution is 5.45. The highest BCUT2D eigenvalue weighted by Gasteiger charge is 2.13. The lowest BCUT2D eigenvalue weighted by molar-refractivity contribution is 0.573. The average Bonchev–Trinajstić information content (AvgIpc) is 2.56. The van der Waals surface area contributed by atoms with Crippen LogP contribution in [0.4, 0.5) is 11.8 Å². The molecule has 1 aliphatic heterocycles. The number of anilines is 2. The molecule has 4 nitrogen and oxygen atoms in total. The van der Waals surface area contributed by atoms with Gasteiger partial charge in [0.25, 0.3) is 0 Å². The molecule has 0 bridgehead atoms. The summed E-state index contributed by atoms with van der Waals surface area (Å²) in [7, 11) is 0. The van der Waals surface area contributed by atoms with E-state index in [1.165, 1.54) is 44.9 Å². The number of aromatic nitrogens is 2. The van der Waals surface area contributed by atoms with Crippen LogP contribution in [0.2, 0.25) is 0 Å². The predicted octanol–water partition coefficient (Wildman–Crippen LogP) is 4.08. The molecule has 1 N–H and O–H groups in total. The minimum absolute atomic E-state index is 0.789. The molecule has 0 unspecified atom stereocenters. The van der Waals surface area contributed by atoms with Crippen LogP contribution in [0.15, 0.2) is 17.7 Å². The van der Waals surface area contributed by atoms with E-state index in [0.717, 1.165) is 43.5 Å². The van der Waals surface area contributed by atoms with Gasteiger partial charge in [0.2, 0.25) is 5.95 Å². The molecule has 0 saturated carbocycles. The summed E-state index contributed by atoms with van der Waals surface area (Å²) in [6.07, 6.45) is 12.7. The van der Waals surface area contributed by atoms with Gasteiger partial charge in [0.1, 0.15) is 5.82 Å². The second-order valence-electron chi connectivity index (χ2n) is 6.52. The number of nitrogens with one attached hydrogen (secondary N) is 1. The van der Waals surface area contributed by atoms with Crippen molar-refractivity contribution in [1.29, 1.82) is 0 Å². The summed E-state index contributed by atoms with van der Waals surface area (Å²) in [5.41, 5.74) is 2.65. The van der Waals surface area contributed by atoms with Gasteiger partial charge in [0, 0.05) is 31.4 Å². The van der Waals surface area contributed by atoms with E-state index in [1.54, 1.807) is 5.57 Å². The fraction of sp³-hybridized carbons (Fsp3) is 0.667. The molecule has 2 heterocycles. The molecule has 120 valence electrons. The van der Waals surface area contributed by atoms with Crippen LogP contribution in [0.25, 0.3) is 0 Å². The maximum atomic E-state index is 4.72. The van der Waals surface area contributed by atoms with E-state index < -0.39 is 0 Å². The molecule has 0 aromatic carbocycles. The zero-order valence-corrected chi connectivity index (χ0v) is 13.8. The number of rotatable bonds is 5. The first-order valence-electron chi connectivity index (χ1n) is 8.84. The van der Waals surface area contributed by atoms with Gasteiger partial charge in [0.15, 0.2) is 0 Å². The summed E-state index contributed by atoms with van der Waals surface area (Å²) in [6, 6.07) is 2.11. The summed E-state index contributed by atoms with van der Waals surface area (Å²) in [5, 5.41) is 3.42. The van der Waals surface area contributed by atoms with E-state index in [1.807, 2.05) is 0 Å². The van der Waals surface area contributed by atoms with Crippen molar-refractivity contribution in [1.82, 2.24) is 9.97 Å². The molecule has 4 heteroatoms. The summed E-state index contributed by atoms with van der Waals surface area (Å²) < 4.78 is 0. The molecular weight excluding hydrogens is 272 g/mol. The van der Waals surface area contributed by atoms with Crippen LogP contribution in [0, 0.1) is 6.92 Å². The molecular formula is C18H28N4. The monoisotopic (exact) mass is 300 g/mol. The first-order chi connectivity index (χ1) is 10.8. The Kier molecular flexibility index (Phi) is 5.30. The largest absolute Gasteiger partial charge is 0.356 e. The van der Waals surface area contributed by atoms with Crippen molar-refractivity contribution in [3.8, 4) is 0 Å². The lowest BCUT2D eigenvalue weighted by Crippen LogP contribution is -2.30. The predicted molar refractivity (Wildman–Crippen MR) is 92.5 cm³/mol. The normalized spacial score (nSPS) is 19.0. The number of allylic oxidation sites excluding steroid dienone is 1. The standard InChI is InChI=1S/C18H28N4/c1-15-14-17(22-12-6-3-7-13-22)21-18(20-15)19-11-10-16-8-4-2-5-9-16/h8,14H,2-7,9-13H2,1H3,(H,19,20,21). The van der Waals surface area contributed by atoms with Gasteiger partial charge in [-0.15, -0.1) is 0 Å². The molecule has 1 aromatic heterocycles. The highest BCUT2D eigenvalue weighted by atomic mass is 15.2. The maximum absolute atomic E-state index is 4.72. The van der Waals surface area contributed by atoms with Gasteiger partial charge < -0.3 is 10.2 Å². The van der Waals surface area contributed by atoms with Crippen molar-refractivity contribution in [2.45, 2.75) is 58.3 Å². The minimum atomic E-state index is 0.789. The zero-order valence-electron chi connectivity index (χ0n) is 13.8. The van der Waals surface area contributed by atoms with Crippen molar-refractivity contribution in [3.63, 3.8) is 0 Å². The summed E-state index contributed by atoms with van der Waals surface area (Å²) in [5.74, 6) is 1.88. The van der Waals surface area contributed by atoms with Gasteiger partial charge >= 0.3 is 0 Å². The third-order valence-corrected chi connectivity index (χ3v) is 4.64. The van der Waals surface area contributed by atoms with Gasteiger partial charge in [-0.05, 0) is 58.3 Å². The topological polar surface area (TPSA) is 41.1 Å². The van der Waals surface area contributed by atoms with Gasteiger partial charge in [-0.2, -0.15) is 4.98 Å². The first kappa shape index (κ1) is 15.3. The number of hydrogen-bond acceptors (Lipinski definition) is 4. The molecule has 0 amide bonds. The molecule has 0 radical (unpaired) electrons. The Bertz CT molecular complexity index is 518. The number of piperidine rings is 1. The molecule has 1 fully saturated rings. The SMILES string of the molecule is Cc1cc(N2CCCCC2)nc(NCCC2=CCCCC2)n1. The Balaban J connectivity index is 1.58. The Morgan fingerprint density at radius 1 is 1.09 bits per heavy atom. The summed E-state index contributed by atoms with van der Waals surface area (Å²) in [4.78, 5) is 11.7. The van der Waals surface area contributed by atoms with E-state index in [0.29, 0.717) is 0 Å². The summed E-state index contributed by atoms with van der Waals surface area (Å²) in [6.45, 7) is 5.25. The number of hydrogen-bond donors (Lipinski definition) is 1.